The molecule has 5 heterocycles. The summed E-state index contributed by atoms with van der Waals surface area (Å²) in [5.41, 5.74) is 4.92. The minimum atomic E-state index is -0.290. The molecule has 0 bridgehead atoms. The molecule has 38 heavy (non-hydrogen) atoms. The van der Waals surface area contributed by atoms with Crippen LogP contribution in [0, 0.1) is 5.82 Å². The summed E-state index contributed by atoms with van der Waals surface area (Å²) < 4.78 is 22.4. The van der Waals surface area contributed by atoms with Crippen molar-refractivity contribution in [1.29, 1.82) is 0 Å². The smallest absolute Gasteiger partial charge is 0.223 e. The van der Waals surface area contributed by atoms with Crippen molar-refractivity contribution in [3.8, 4) is 28.4 Å². The number of ether oxygens (including phenoxy) is 1. The number of aromatic nitrogens is 5. The number of nitrogens with one attached hydrogen (secondary N) is 1. The van der Waals surface area contributed by atoms with E-state index >= 15 is 0 Å². The van der Waals surface area contributed by atoms with Crippen molar-refractivity contribution in [3.05, 3.63) is 83.2 Å². The molecule has 9 heteroatoms. The standard InChI is InChI=1S/C29H24ClFN6O/c1-2-12-32-29-33-13-11-21(35-29)26-25(16-7-9-17(31)10-8-16)36-23-14-19-22(37(23)26)15-38-27-18-5-3-4-6-20(18)34-28(30)24(19)27/h3-11,13,19,22H,2,12,14-15H2,1H3,(H,32,33,35)/t19?,22-/m1/s1. The van der Waals surface area contributed by atoms with Crippen molar-refractivity contribution < 1.29 is 9.13 Å². The molecule has 1 N–H and O–H groups in total. The van der Waals surface area contributed by atoms with Crippen LogP contribution in [-0.4, -0.2) is 37.7 Å². The van der Waals surface area contributed by atoms with Gasteiger partial charge in [0.1, 0.15) is 29.2 Å². The van der Waals surface area contributed by atoms with Crippen molar-refractivity contribution in [2.45, 2.75) is 31.7 Å². The summed E-state index contributed by atoms with van der Waals surface area (Å²) in [4.78, 5) is 19.0. The van der Waals surface area contributed by atoms with Gasteiger partial charge in [-0.3, -0.25) is 0 Å². The van der Waals surface area contributed by atoms with Gasteiger partial charge < -0.3 is 14.6 Å². The van der Waals surface area contributed by atoms with Crippen LogP contribution < -0.4 is 10.1 Å². The molecule has 7 rings (SSSR count). The Labute approximate surface area is 223 Å². The third-order valence-corrected chi connectivity index (χ3v) is 7.62. The lowest BCUT2D eigenvalue weighted by Crippen LogP contribution is -2.26. The molecular formula is C29H24ClFN6O. The van der Waals surface area contributed by atoms with Crippen LogP contribution >= 0.6 is 11.6 Å². The summed E-state index contributed by atoms with van der Waals surface area (Å²) in [5, 5.41) is 4.70. The van der Waals surface area contributed by atoms with E-state index in [2.05, 4.69) is 26.8 Å². The molecule has 5 aromatic rings. The summed E-state index contributed by atoms with van der Waals surface area (Å²) in [6, 6.07) is 16.2. The first kappa shape index (κ1) is 23.1. The van der Waals surface area contributed by atoms with E-state index in [0.717, 1.165) is 63.7 Å². The fraction of sp³-hybridized carbons (Fsp3) is 0.241. The summed E-state index contributed by atoms with van der Waals surface area (Å²) in [6.07, 6.45) is 3.39. The Bertz CT molecular complexity index is 1690. The number of hydrogen-bond acceptors (Lipinski definition) is 6. The number of nitrogens with zero attached hydrogens (tertiary/aromatic N) is 5. The van der Waals surface area contributed by atoms with E-state index in [0.29, 0.717) is 24.1 Å². The highest BCUT2D eigenvalue weighted by molar-refractivity contribution is 6.31. The predicted molar refractivity (Wildman–Crippen MR) is 145 cm³/mol. The molecule has 7 nitrogen and oxygen atoms in total. The Balaban J connectivity index is 1.39. The van der Waals surface area contributed by atoms with E-state index in [1.54, 1.807) is 18.3 Å². The largest absolute Gasteiger partial charge is 0.490 e. The first-order valence-corrected chi connectivity index (χ1v) is 13.2. The van der Waals surface area contributed by atoms with Gasteiger partial charge in [0, 0.05) is 41.6 Å². The lowest BCUT2D eigenvalue weighted by atomic mass is 9.88. The number of anilines is 1. The summed E-state index contributed by atoms with van der Waals surface area (Å²) in [7, 11) is 0. The molecule has 0 fully saturated rings. The number of para-hydroxylation sites is 1. The van der Waals surface area contributed by atoms with Crippen LogP contribution in [0.1, 0.15) is 36.7 Å². The summed E-state index contributed by atoms with van der Waals surface area (Å²) in [6.45, 7) is 3.33. The van der Waals surface area contributed by atoms with Crippen LogP contribution in [0.5, 0.6) is 5.75 Å². The van der Waals surface area contributed by atoms with Crippen molar-refractivity contribution in [2.75, 3.05) is 18.5 Å². The molecule has 0 amide bonds. The number of imidazole rings is 1. The maximum Gasteiger partial charge on any atom is 0.223 e. The number of benzene rings is 2. The van der Waals surface area contributed by atoms with Crippen molar-refractivity contribution in [3.63, 3.8) is 0 Å². The lowest BCUT2D eigenvalue weighted by Gasteiger charge is -2.31. The van der Waals surface area contributed by atoms with E-state index in [1.165, 1.54) is 12.1 Å². The minimum Gasteiger partial charge on any atom is -0.490 e. The second-order valence-corrected chi connectivity index (χ2v) is 10.0. The predicted octanol–water partition coefficient (Wildman–Crippen LogP) is 6.44. The molecular weight excluding hydrogens is 503 g/mol. The van der Waals surface area contributed by atoms with Crippen molar-refractivity contribution >= 4 is 28.5 Å². The van der Waals surface area contributed by atoms with Crippen molar-refractivity contribution in [2.24, 2.45) is 0 Å². The van der Waals surface area contributed by atoms with Gasteiger partial charge in [0.05, 0.1) is 28.6 Å². The van der Waals surface area contributed by atoms with Crippen LogP contribution in [0.2, 0.25) is 5.15 Å². The third kappa shape index (κ3) is 3.62. The van der Waals surface area contributed by atoms with Crippen LogP contribution in [0.3, 0.4) is 0 Å². The lowest BCUT2D eigenvalue weighted by molar-refractivity contribution is 0.216. The normalized spacial score (nSPS) is 17.6. The summed E-state index contributed by atoms with van der Waals surface area (Å²) >= 11 is 6.78. The van der Waals surface area contributed by atoms with Gasteiger partial charge in [-0.05, 0) is 48.9 Å². The molecule has 0 aliphatic carbocycles. The number of hydrogen-bond donors (Lipinski definition) is 1. The molecule has 0 saturated carbocycles. The van der Waals surface area contributed by atoms with Gasteiger partial charge >= 0.3 is 0 Å². The summed E-state index contributed by atoms with van der Waals surface area (Å²) in [5.74, 6) is 2.05. The van der Waals surface area contributed by atoms with Gasteiger partial charge in [-0.15, -0.1) is 0 Å². The van der Waals surface area contributed by atoms with Gasteiger partial charge in [0.2, 0.25) is 5.95 Å². The second-order valence-electron chi connectivity index (χ2n) is 9.65. The van der Waals surface area contributed by atoms with Crippen molar-refractivity contribution in [1.82, 2.24) is 24.5 Å². The fourth-order valence-electron chi connectivity index (χ4n) is 5.66. The molecule has 0 radical (unpaired) electrons. The Morgan fingerprint density at radius 3 is 2.76 bits per heavy atom. The molecule has 190 valence electrons. The number of fused-ring (bicyclic) bond motifs is 7. The van der Waals surface area contributed by atoms with E-state index in [4.69, 9.17) is 26.3 Å². The molecule has 0 saturated heterocycles. The van der Waals surface area contributed by atoms with E-state index in [9.17, 15) is 4.39 Å². The average Bonchev–Trinajstić information content (AvgIpc) is 3.48. The Morgan fingerprint density at radius 1 is 1.08 bits per heavy atom. The van der Waals surface area contributed by atoms with E-state index in [1.807, 2.05) is 30.3 Å². The maximum absolute atomic E-state index is 13.8. The molecule has 2 aliphatic rings. The van der Waals surface area contributed by atoms with Crippen LogP contribution in [0.4, 0.5) is 10.3 Å². The molecule has 2 atom stereocenters. The molecule has 1 unspecified atom stereocenters. The number of halogens is 2. The van der Waals surface area contributed by atoms with Crippen LogP contribution in [-0.2, 0) is 6.42 Å². The molecule has 2 aliphatic heterocycles. The van der Waals surface area contributed by atoms with Crippen LogP contribution in [0.15, 0.2) is 60.8 Å². The number of rotatable bonds is 5. The zero-order valence-corrected chi connectivity index (χ0v) is 21.4. The molecule has 3 aromatic heterocycles. The average molecular weight is 527 g/mol. The first-order valence-electron chi connectivity index (χ1n) is 12.8. The molecule has 0 spiro atoms. The Hall–Kier alpha value is -4.04. The molecule has 2 aromatic carbocycles. The van der Waals surface area contributed by atoms with Gasteiger partial charge in [0.15, 0.2) is 0 Å². The highest BCUT2D eigenvalue weighted by Crippen LogP contribution is 2.52. The van der Waals surface area contributed by atoms with Crippen LogP contribution in [0.25, 0.3) is 33.5 Å². The highest BCUT2D eigenvalue weighted by Gasteiger charge is 2.44. The fourth-order valence-corrected chi connectivity index (χ4v) is 5.97. The zero-order valence-electron chi connectivity index (χ0n) is 20.7. The monoisotopic (exact) mass is 526 g/mol. The van der Waals surface area contributed by atoms with E-state index in [-0.39, 0.29) is 17.8 Å². The highest BCUT2D eigenvalue weighted by atomic mass is 35.5. The van der Waals surface area contributed by atoms with Gasteiger partial charge in [-0.2, -0.15) is 0 Å². The Kier molecular flexibility index (Phi) is 5.51. The zero-order chi connectivity index (χ0) is 25.8. The first-order chi connectivity index (χ1) is 18.6. The minimum absolute atomic E-state index is 0.0447. The quantitative estimate of drug-likeness (QED) is 0.265. The van der Waals surface area contributed by atoms with E-state index < -0.39 is 0 Å². The van der Waals surface area contributed by atoms with Gasteiger partial charge in [-0.25, -0.2) is 24.3 Å². The number of pyridine rings is 1. The van der Waals surface area contributed by atoms with Gasteiger partial charge in [-0.1, -0.05) is 30.7 Å². The van der Waals surface area contributed by atoms with Gasteiger partial charge in [0.25, 0.3) is 0 Å². The SMILES string of the molecule is CCCNc1nccc(-c2c(-c3ccc(F)cc3)nc3n2[C@@H]2COc4c(c(Cl)nc5ccccc45)C2C3)n1. The topological polar surface area (TPSA) is 77.8 Å². The Morgan fingerprint density at radius 2 is 1.92 bits per heavy atom. The second kappa shape index (κ2) is 9.06. The maximum atomic E-state index is 13.8. The third-order valence-electron chi connectivity index (χ3n) is 7.34.